The molecule has 2 N–H and O–H groups in total. The van der Waals surface area contributed by atoms with Crippen LogP contribution in [0.5, 0.6) is 5.75 Å². The number of methoxy groups -OCH3 is 1. The van der Waals surface area contributed by atoms with E-state index in [0.717, 1.165) is 42.2 Å². The van der Waals surface area contributed by atoms with Crippen molar-refractivity contribution in [2.45, 2.75) is 12.5 Å². The standard InChI is InChI=1S/C18H19N5O2/c1-24-14-6-4-12(5-7-14)16-21-18(25-22-16)15-3-2-9-20-17(15)23-10-8-13(19)11-23/h2-7,9,13H,8,10-11,19H2,1H3. The molecular formula is C18H19N5O2. The molecule has 1 aliphatic rings. The van der Waals surface area contributed by atoms with E-state index in [4.69, 9.17) is 15.0 Å². The van der Waals surface area contributed by atoms with Gasteiger partial charge in [-0.25, -0.2) is 4.98 Å². The van der Waals surface area contributed by atoms with Gasteiger partial charge >= 0.3 is 0 Å². The van der Waals surface area contributed by atoms with E-state index in [0.29, 0.717) is 11.7 Å². The van der Waals surface area contributed by atoms with Crippen LogP contribution in [0.1, 0.15) is 6.42 Å². The summed E-state index contributed by atoms with van der Waals surface area (Å²) < 4.78 is 10.7. The van der Waals surface area contributed by atoms with Crippen LogP contribution < -0.4 is 15.4 Å². The first-order valence-electron chi connectivity index (χ1n) is 8.18. The van der Waals surface area contributed by atoms with Crippen molar-refractivity contribution in [3.05, 3.63) is 42.6 Å². The Morgan fingerprint density at radius 3 is 2.80 bits per heavy atom. The molecule has 2 aromatic heterocycles. The molecule has 1 aliphatic heterocycles. The average Bonchev–Trinajstić information content (AvgIpc) is 3.31. The second-order valence-electron chi connectivity index (χ2n) is 6.02. The van der Waals surface area contributed by atoms with Crippen molar-refractivity contribution in [3.8, 4) is 28.6 Å². The van der Waals surface area contributed by atoms with Crippen molar-refractivity contribution in [3.63, 3.8) is 0 Å². The summed E-state index contributed by atoms with van der Waals surface area (Å²) in [7, 11) is 1.63. The molecule has 0 aliphatic carbocycles. The molecule has 128 valence electrons. The van der Waals surface area contributed by atoms with Crippen molar-refractivity contribution >= 4 is 5.82 Å². The number of benzene rings is 1. The van der Waals surface area contributed by atoms with Crippen LogP contribution in [0.4, 0.5) is 5.82 Å². The Hall–Kier alpha value is -2.93. The highest BCUT2D eigenvalue weighted by molar-refractivity contribution is 5.71. The van der Waals surface area contributed by atoms with Gasteiger partial charge in [0, 0.05) is 30.9 Å². The van der Waals surface area contributed by atoms with Crippen molar-refractivity contribution in [2.75, 3.05) is 25.1 Å². The van der Waals surface area contributed by atoms with Crippen molar-refractivity contribution in [1.29, 1.82) is 0 Å². The number of anilines is 1. The van der Waals surface area contributed by atoms with E-state index < -0.39 is 0 Å². The number of hydrogen-bond donors (Lipinski definition) is 1. The number of hydrogen-bond acceptors (Lipinski definition) is 7. The second kappa shape index (κ2) is 6.52. The Labute approximate surface area is 145 Å². The Bertz CT molecular complexity index is 862. The molecule has 1 fully saturated rings. The molecule has 0 spiro atoms. The number of nitrogens with two attached hydrogens (primary N) is 1. The van der Waals surface area contributed by atoms with Crippen molar-refractivity contribution in [1.82, 2.24) is 15.1 Å². The lowest BCUT2D eigenvalue weighted by molar-refractivity contribution is 0.415. The number of nitrogens with zero attached hydrogens (tertiary/aromatic N) is 4. The minimum absolute atomic E-state index is 0.174. The van der Waals surface area contributed by atoms with E-state index in [2.05, 4.69) is 20.0 Å². The number of ether oxygens (including phenoxy) is 1. The maximum absolute atomic E-state index is 6.02. The maximum Gasteiger partial charge on any atom is 0.261 e. The summed E-state index contributed by atoms with van der Waals surface area (Å²) in [5.74, 6) is 2.60. The Morgan fingerprint density at radius 1 is 1.24 bits per heavy atom. The summed E-state index contributed by atoms with van der Waals surface area (Å²) in [5, 5.41) is 4.10. The van der Waals surface area contributed by atoms with Crippen LogP contribution >= 0.6 is 0 Å². The van der Waals surface area contributed by atoms with Crippen LogP contribution in [-0.2, 0) is 0 Å². The summed E-state index contributed by atoms with van der Waals surface area (Å²) in [5.41, 5.74) is 7.71. The zero-order valence-electron chi connectivity index (χ0n) is 13.9. The van der Waals surface area contributed by atoms with Crippen LogP contribution in [0.25, 0.3) is 22.8 Å². The number of aromatic nitrogens is 3. The summed E-state index contributed by atoms with van der Waals surface area (Å²) in [4.78, 5) is 11.2. The van der Waals surface area contributed by atoms with Crippen molar-refractivity contribution in [2.24, 2.45) is 5.73 Å². The fraction of sp³-hybridized carbons (Fsp3) is 0.278. The summed E-state index contributed by atoms with van der Waals surface area (Å²) in [6, 6.07) is 11.5. The summed E-state index contributed by atoms with van der Waals surface area (Å²) in [6.45, 7) is 1.66. The van der Waals surface area contributed by atoms with Gasteiger partial charge in [-0.15, -0.1) is 0 Å². The van der Waals surface area contributed by atoms with E-state index >= 15 is 0 Å². The lowest BCUT2D eigenvalue weighted by Gasteiger charge is -2.18. The maximum atomic E-state index is 6.02. The Kier molecular flexibility index (Phi) is 4.07. The van der Waals surface area contributed by atoms with E-state index in [1.807, 2.05) is 36.4 Å². The fourth-order valence-electron chi connectivity index (χ4n) is 2.99. The monoisotopic (exact) mass is 337 g/mol. The zero-order chi connectivity index (χ0) is 17.2. The van der Waals surface area contributed by atoms with Gasteiger partial charge in [-0.05, 0) is 42.8 Å². The highest BCUT2D eigenvalue weighted by atomic mass is 16.5. The first-order valence-corrected chi connectivity index (χ1v) is 8.18. The molecule has 0 bridgehead atoms. The highest BCUT2D eigenvalue weighted by Crippen LogP contribution is 2.31. The van der Waals surface area contributed by atoms with Gasteiger partial charge in [-0.1, -0.05) is 5.16 Å². The molecule has 0 saturated carbocycles. The average molecular weight is 337 g/mol. The van der Waals surface area contributed by atoms with Gasteiger partial charge in [0.05, 0.1) is 12.7 Å². The second-order valence-corrected chi connectivity index (χ2v) is 6.02. The first-order chi connectivity index (χ1) is 12.2. The highest BCUT2D eigenvalue weighted by Gasteiger charge is 2.24. The van der Waals surface area contributed by atoms with Crippen LogP contribution in [0.15, 0.2) is 47.1 Å². The van der Waals surface area contributed by atoms with Gasteiger partial charge < -0.3 is 19.9 Å². The molecule has 1 atom stereocenters. The van der Waals surface area contributed by atoms with Gasteiger partial charge in [0.1, 0.15) is 11.6 Å². The molecule has 7 nitrogen and oxygen atoms in total. The SMILES string of the molecule is COc1ccc(-c2noc(-c3cccnc3N3CCC(N)C3)n2)cc1. The third kappa shape index (κ3) is 3.06. The van der Waals surface area contributed by atoms with E-state index in [1.54, 1.807) is 13.3 Å². The molecule has 4 rings (SSSR count). The molecule has 1 saturated heterocycles. The first kappa shape index (κ1) is 15.6. The largest absolute Gasteiger partial charge is 0.497 e. The minimum atomic E-state index is 0.174. The summed E-state index contributed by atoms with van der Waals surface area (Å²) >= 11 is 0. The van der Waals surface area contributed by atoms with Crippen LogP contribution in [0, 0.1) is 0 Å². The van der Waals surface area contributed by atoms with Crippen LogP contribution in [0.3, 0.4) is 0 Å². The number of rotatable bonds is 4. The topological polar surface area (TPSA) is 90.3 Å². The predicted octanol–water partition coefficient (Wildman–Crippen LogP) is 2.34. The molecule has 1 unspecified atom stereocenters. The molecule has 25 heavy (non-hydrogen) atoms. The lowest BCUT2D eigenvalue weighted by atomic mass is 10.2. The minimum Gasteiger partial charge on any atom is -0.497 e. The molecular weight excluding hydrogens is 318 g/mol. The molecule has 7 heteroatoms. The van der Waals surface area contributed by atoms with Crippen LogP contribution in [-0.4, -0.2) is 41.4 Å². The van der Waals surface area contributed by atoms with Gasteiger partial charge in [-0.3, -0.25) is 0 Å². The van der Waals surface area contributed by atoms with E-state index in [1.165, 1.54) is 0 Å². The smallest absolute Gasteiger partial charge is 0.261 e. The lowest BCUT2D eigenvalue weighted by Crippen LogP contribution is -2.27. The predicted molar refractivity (Wildman–Crippen MR) is 94.3 cm³/mol. The third-order valence-electron chi connectivity index (χ3n) is 4.32. The van der Waals surface area contributed by atoms with Gasteiger partial charge in [-0.2, -0.15) is 4.98 Å². The molecule has 0 radical (unpaired) electrons. The Balaban J connectivity index is 1.66. The zero-order valence-corrected chi connectivity index (χ0v) is 13.9. The van der Waals surface area contributed by atoms with E-state index in [-0.39, 0.29) is 6.04 Å². The van der Waals surface area contributed by atoms with Crippen LogP contribution in [0.2, 0.25) is 0 Å². The van der Waals surface area contributed by atoms with E-state index in [9.17, 15) is 0 Å². The summed E-state index contributed by atoms with van der Waals surface area (Å²) in [6.07, 6.45) is 2.72. The molecule has 3 heterocycles. The number of pyridine rings is 1. The fourth-order valence-corrected chi connectivity index (χ4v) is 2.99. The van der Waals surface area contributed by atoms with Gasteiger partial charge in [0.15, 0.2) is 0 Å². The van der Waals surface area contributed by atoms with Gasteiger partial charge in [0.25, 0.3) is 5.89 Å². The molecule has 1 aromatic carbocycles. The Morgan fingerprint density at radius 2 is 2.08 bits per heavy atom. The van der Waals surface area contributed by atoms with Crippen molar-refractivity contribution < 1.29 is 9.26 Å². The molecule has 3 aromatic rings. The van der Waals surface area contributed by atoms with Gasteiger partial charge in [0.2, 0.25) is 5.82 Å². The molecule has 0 amide bonds. The quantitative estimate of drug-likeness (QED) is 0.781. The normalized spacial score (nSPS) is 17.0. The third-order valence-corrected chi connectivity index (χ3v) is 4.32.